The minimum Gasteiger partial charge on any atom is -0.399 e. The van der Waals surface area contributed by atoms with Gasteiger partial charge < -0.3 is 9.31 Å². The molecule has 0 atom stereocenters. The van der Waals surface area contributed by atoms with E-state index in [1.807, 2.05) is 27.7 Å². The molecule has 17 heavy (non-hydrogen) atoms. The predicted molar refractivity (Wildman–Crippen MR) is 72.2 cm³/mol. The van der Waals surface area contributed by atoms with E-state index in [9.17, 15) is 0 Å². The van der Waals surface area contributed by atoms with Crippen LogP contribution in [0, 0.1) is 0 Å². The molecule has 1 aromatic rings. The third-order valence-corrected chi connectivity index (χ3v) is 4.15. The average molecular weight is 273 g/mol. The molecule has 5 heteroatoms. The van der Waals surface area contributed by atoms with Crippen LogP contribution in [0.25, 0.3) is 0 Å². The van der Waals surface area contributed by atoms with Crippen molar-refractivity contribution in [1.82, 2.24) is 0 Å². The van der Waals surface area contributed by atoms with E-state index in [4.69, 9.17) is 32.5 Å². The second-order valence-corrected chi connectivity index (χ2v) is 6.04. The zero-order chi connectivity index (χ0) is 12.8. The van der Waals surface area contributed by atoms with Gasteiger partial charge in [-0.15, -0.1) is 0 Å². The lowest BCUT2D eigenvalue weighted by atomic mass is 9.79. The SMILES string of the molecule is CC1(C)OB(c2c(Cl)cccc2Cl)OC1(C)C. The van der Waals surface area contributed by atoms with Crippen LogP contribution in [0.4, 0.5) is 0 Å². The van der Waals surface area contributed by atoms with Gasteiger partial charge in [0, 0.05) is 15.5 Å². The van der Waals surface area contributed by atoms with Gasteiger partial charge in [0.15, 0.2) is 0 Å². The van der Waals surface area contributed by atoms with Gasteiger partial charge in [-0.05, 0) is 39.8 Å². The molecular weight excluding hydrogens is 258 g/mol. The van der Waals surface area contributed by atoms with Crippen molar-refractivity contribution in [2.24, 2.45) is 0 Å². The van der Waals surface area contributed by atoms with Gasteiger partial charge in [-0.1, -0.05) is 29.3 Å². The molecule has 1 aromatic carbocycles. The number of benzene rings is 1. The van der Waals surface area contributed by atoms with Crippen LogP contribution in [0.5, 0.6) is 0 Å². The Morgan fingerprint density at radius 1 is 0.941 bits per heavy atom. The smallest absolute Gasteiger partial charge is 0.399 e. The van der Waals surface area contributed by atoms with Gasteiger partial charge in [0.2, 0.25) is 0 Å². The molecular formula is C12H15BCl2O2. The summed E-state index contributed by atoms with van der Waals surface area (Å²) >= 11 is 12.3. The highest BCUT2D eigenvalue weighted by atomic mass is 35.5. The molecule has 1 aliphatic heterocycles. The fourth-order valence-electron chi connectivity index (χ4n) is 1.70. The number of hydrogen-bond donors (Lipinski definition) is 0. The quantitative estimate of drug-likeness (QED) is 0.731. The molecule has 1 fully saturated rings. The second-order valence-electron chi connectivity index (χ2n) is 5.22. The van der Waals surface area contributed by atoms with E-state index < -0.39 is 7.12 Å². The van der Waals surface area contributed by atoms with Crippen LogP contribution in [0.1, 0.15) is 27.7 Å². The highest BCUT2D eigenvalue weighted by molar-refractivity contribution is 6.69. The third-order valence-electron chi connectivity index (χ3n) is 3.49. The van der Waals surface area contributed by atoms with Crippen LogP contribution in [0.15, 0.2) is 18.2 Å². The first-order valence-corrected chi connectivity index (χ1v) is 6.30. The van der Waals surface area contributed by atoms with Gasteiger partial charge in [0.05, 0.1) is 11.2 Å². The fraction of sp³-hybridized carbons (Fsp3) is 0.500. The molecule has 0 N–H and O–H groups in total. The minimum atomic E-state index is -0.513. The van der Waals surface area contributed by atoms with Crippen LogP contribution < -0.4 is 5.46 Å². The highest BCUT2D eigenvalue weighted by Crippen LogP contribution is 2.37. The van der Waals surface area contributed by atoms with Crippen molar-refractivity contribution in [3.63, 3.8) is 0 Å². The lowest BCUT2D eigenvalue weighted by molar-refractivity contribution is 0.00578. The van der Waals surface area contributed by atoms with Crippen molar-refractivity contribution in [1.29, 1.82) is 0 Å². The summed E-state index contributed by atoms with van der Waals surface area (Å²) in [6.07, 6.45) is 0. The van der Waals surface area contributed by atoms with E-state index in [2.05, 4.69) is 0 Å². The number of hydrogen-bond acceptors (Lipinski definition) is 2. The molecule has 2 nitrogen and oxygen atoms in total. The standard InChI is InChI=1S/C12H15BCl2O2/c1-11(2)12(3,4)17-13(16-11)10-8(14)6-5-7-9(10)15/h5-7H,1-4H3. The number of rotatable bonds is 1. The molecule has 0 radical (unpaired) electrons. The van der Waals surface area contributed by atoms with Gasteiger partial charge >= 0.3 is 7.12 Å². The maximum Gasteiger partial charge on any atom is 0.497 e. The van der Waals surface area contributed by atoms with E-state index in [1.165, 1.54) is 0 Å². The lowest BCUT2D eigenvalue weighted by Gasteiger charge is -2.32. The Kier molecular flexibility index (Phi) is 3.24. The molecule has 0 amide bonds. The minimum absolute atomic E-state index is 0.389. The number of halogens is 2. The van der Waals surface area contributed by atoms with Crippen LogP contribution in [-0.4, -0.2) is 18.3 Å². The van der Waals surface area contributed by atoms with Crippen molar-refractivity contribution in [2.75, 3.05) is 0 Å². The molecule has 0 spiro atoms. The molecule has 1 heterocycles. The Hall–Kier alpha value is -0.215. The molecule has 1 saturated heterocycles. The zero-order valence-electron chi connectivity index (χ0n) is 10.4. The van der Waals surface area contributed by atoms with Crippen LogP contribution >= 0.6 is 23.2 Å². The molecule has 92 valence electrons. The predicted octanol–water partition coefficient (Wildman–Crippen LogP) is 3.29. The zero-order valence-corrected chi connectivity index (χ0v) is 11.9. The van der Waals surface area contributed by atoms with Gasteiger partial charge in [0.25, 0.3) is 0 Å². The summed E-state index contributed by atoms with van der Waals surface area (Å²) in [4.78, 5) is 0. The summed E-state index contributed by atoms with van der Waals surface area (Å²) in [7, 11) is -0.513. The fourth-order valence-corrected chi connectivity index (χ4v) is 2.27. The first kappa shape index (κ1) is 13.2. The van der Waals surface area contributed by atoms with Gasteiger partial charge in [-0.2, -0.15) is 0 Å². The van der Waals surface area contributed by atoms with Crippen LogP contribution in [0.3, 0.4) is 0 Å². The van der Waals surface area contributed by atoms with E-state index in [1.54, 1.807) is 18.2 Å². The van der Waals surface area contributed by atoms with Crippen molar-refractivity contribution in [2.45, 2.75) is 38.9 Å². The van der Waals surface area contributed by atoms with E-state index in [0.717, 1.165) is 0 Å². The molecule has 2 rings (SSSR count). The van der Waals surface area contributed by atoms with Gasteiger partial charge in [-0.25, -0.2) is 0 Å². The maximum atomic E-state index is 6.15. The molecule has 0 aromatic heterocycles. The summed E-state index contributed by atoms with van der Waals surface area (Å²) in [5.41, 5.74) is -0.0742. The Morgan fingerprint density at radius 2 is 1.35 bits per heavy atom. The first-order chi connectivity index (χ1) is 7.74. The topological polar surface area (TPSA) is 18.5 Å². The maximum absolute atomic E-state index is 6.15. The lowest BCUT2D eigenvalue weighted by Crippen LogP contribution is -2.41. The summed E-state index contributed by atoms with van der Waals surface area (Å²) < 4.78 is 11.8. The third kappa shape index (κ3) is 2.22. The van der Waals surface area contributed by atoms with Crippen molar-refractivity contribution in [3.8, 4) is 0 Å². The second kappa shape index (κ2) is 4.16. The molecule has 0 bridgehead atoms. The van der Waals surface area contributed by atoms with E-state index >= 15 is 0 Å². The highest BCUT2D eigenvalue weighted by Gasteiger charge is 2.52. The molecule has 0 saturated carbocycles. The Morgan fingerprint density at radius 3 is 1.76 bits per heavy atom. The summed E-state index contributed by atoms with van der Waals surface area (Å²) in [5, 5.41) is 1.13. The van der Waals surface area contributed by atoms with Crippen molar-refractivity contribution in [3.05, 3.63) is 28.2 Å². The van der Waals surface area contributed by atoms with Gasteiger partial charge in [-0.3, -0.25) is 0 Å². The van der Waals surface area contributed by atoms with Crippen molar-refractivity contribution < 1.29 is 9.31 Å². The van der Waals surface area contributed by atoms with Crippen molar-refractivity contribution >= 4 is 35.8 Å². The Balaban J connectivity index is 2.39. The van der Waals surface area contributed by atoms with Crippen LogP contribution in [0.2, 0.25) is 10.0 Å². The first-order valence-electron chi connectivity index (χ1n) is 5.54. The molecule has 1 aliphatic rings. The van der Waals surface area contributed by atoms with E-state index in [0.29, 0.717) is 15.5 Å². The summed E-state index contributed by atoms with van der Waals surface area (Å²) in [6, 6.07) is 5.38. The average Bonchev–Trinajstić information content (AvgIpc) is 2.35. The summed E-state index contributed by atoms with van der Waals surface area (Å²) in [5.74, 6) is 0. The Labute approximate surface area is 112 Å². The van der Waals surface area contributed by atoms with E-state index in [-0.39, 0.29) is 11.2 Å². The largest absolute Gasteiger partial charge is 0.497 e. The van der Waals surface area contributed by atoms with Crippen LogP contribution in [-0.2, 0) is 9.31 Å². The normalized spacial score (nSPS) is 21.9. The molecule has 0 aliphatic carbocycles. The molecule has 0 unspecified atom stereocenters. The summed E-state index contributed by atoms with van der Waals surface area (Å²) in [6.45, 7) is 7.99. The Bertz CT molecular complexity index is 410. The monoisotopic (exact) mass is 272 g/mol. The van der Waals surface area contributed by atoms with Gasteiger partial charge in [0.1, 0.15) is 0 Å².